The van der Waals surface area contributed by atoms with Crippen LogP contribution in [0.2, 0.25) is 0 Å². The summed E-state index contributed by atoms with van der Waals surface area (Å²) in [5.41, 5.74) is 1.39. The highest BCUT2D eigenvalue weighted by Crippen LogP contribution is 2.24. The maximum Gasteiger partial charge on any atom is 0.270 e. The van der Waals surface area contributed by atoms with Gasteiger partial charge in [0.2, 0.25) is 0 Å². The summed E-state index contributed by atoms with van der Waals surface area (Å²) in [7, 11) is 1.62. The standard InChI is InChI=1S/C19H16N4O4S/c1-20-16-8-7-14(23(26)27)11-15(16)18(24)21-12-4-2-5-13(10-12)22-19(25)17-6-3-9-28-17/h2-11,20H,1H3,(H,21,24)(H,22,25). The first-order valence-electron chi connectivity index (χ1n) is 8.20. The van der Waals surface area contributed by atoms with E-state index in [1.54, 1.807) is 43.4 Å². The molecule has 3 aromatic rings. The van der Waals surface area contributed by atoms with Crippen LogP contribution in [0.5, 0.6) is 0 Å². The predicted molar refractivity (Wildman–Crippen MR) is 109 cm³/mol. The first-order valence-corrected chi connectivity index (χ1v) is 9.08. The third-order valence-corrected chi connectivity index (χ3v) is 4.72. The van der Waals surface area contributed by atoms with Crippen molar-refractivity contribution < 1.29 is 14.5 Å². The van der Waals surface area contributed by atoms with Crippen LogP contribution in [0.1, 0.15) is 20.0 Å². The summed E-state index contributed by atoms with van der Waals surface area (Å²) in [6.45, 7) is 0. The Kier molecular flexibility index (Phi) is 5.66. The molecule has 0 radical (unpaired) electrons. The summed E-state index contributed by atoms with van der Waals surface area (Å²) >= 11 is 1.33. The zero-order valence-corrected chi connectivity index (χ0v) is 15.6. The number of benzene rings is 2. The monoisotopic (exact) mass is 396 g/mol. The molecule has 0 spiro atoms. The van der Waals surface area contributed by atoms with Crippen LogP contribution in [0.25, 0.3) is 0 Å². The SMILES string of the molecule is CNc1ccc([N+](=O)[O-])cc1C(=O)Nc1cccc(NC(=O)c2cccs2)c1. The molecule has 28 heavy (non-hydrogen) atoms. The van der Waals surface area contributed by atoms with Crippen LogP contribution < -0.4 is 16.0 Å². The van der Waals surface area contributed by atoms with Gasteiger partial charge < -0.3 is 16.0 Å². The fourth-order valence-electron chi connectivity index (χ4n) is 2.53. The van der Waals surface area contributed by atoms with E-state index in [0.29, 0.717) is 21.9 Å². The highest BCUT2D eigenvalue weighted by atomic mass is 32.1. The number of carbonyl (C=O) groups excluding carboxylic acids is 2. The molecular weight excluding hydrogens is 380 g/mol. The van der Waals surface area contributed by atoms with Gasteiger partial charge in [0.1, 0.15) is 0 Å². The van der Waals surface area contributed by atoms with Crippen molar-refractivity contribution in [2.75, 3.05) is 23.0 Å². The Labute approximate surface area is 164 Å². The molecule has 0 saturated carbocycles. The van der Waals surface area contributed by atoms with E-state index in [-0.39, 0.29) is 17.2 Å². The van der Waals surface area contributed by atoms with Gasteiger partial charge in [-0.2, -0.15) is 0 Å². The molecule has 0 atom stereocenters. The molecule has 0 aliphatic rings. The van der Waals surface area contributed by atoms with Gasteiger partial charge in [-0.25, -0.2) is 0 Å². The molecule has 142 valence electrons. The molecule has 0 bridgehead atoms. The van der Waals surface area contributed by atoms with Gasteiger partial charge in [0.05, 0.1) is 15.4 Å². The normalized spacial score (nSPS) is 10.2. The summed E-state index contributed by atoms with van der Waals surface area (Å²) in [5, 5.41) is 21.1. The van der Waals surface area contributed by atoms with Gasteiger partial charge in [-0.15, -0.1) is 11.3 Å². The topological polar surface area (TPSA) is 113 Å². The molecule has 2 amide bonds. The maximum atomic E-state index is 12.6. The minimum atomic E-state index is -0.559. The Bertz CT molecular complexity index is 1030. The van der Waals surface area contributed by atoms with E-state index >= 15 is 0 Å². The second kappa shape index (κ2) is 8.31. The van der Waals surface area contributed by atoms with E-state index in [9.17, 15) is 19.7 Å². The zero-order valence-electron chi connectivity index (χ0n) is 14.8. The first kappa shape index (κ1) is 19.1. The fraction of sp³-hybridized carbons (Fsp3) is 0.0526. The van der Waals surface area contributed by atoms with Gasteiger partial charge in [-0.3, -0.25) is 19.7 Å². The van der Waals surface area contributed by atoms with Gasteiger partial charge in [0.15, 0.2) is 0 Å². The maximum absolute atomic E-state index is 12.6. The number of hydrogen-bond donors (Lipinski definition) is 3. The van der Waals surface area contributed by atoms with Crippen molar-refractivity contribution in [1.82, 2.24) is 0 Å². The molecule has 3 rings (SSSR count). The predicted octanol–water partition coefficient (Wildman–Crippen LogP) is 4.20. The largest absolute Gasteiger partial charge is 0.387 e. The van der Waals surface area contributed by atoms with Gasteiger partial charge in [0.25, 0.3) is 17.5 Å². The van der Waals surface area contributed by atoms with E-state index in [0.717, 1.165) is 0 Å². The molecule has 0 saturated heterocycles. The summed E-state index contributed by atoms with van der Waals surface area (Å²) in [4.78, 5) is 35.8. The van der Waals surface area contributed by atoms with E-state index < -0.39 is 10.8 Å². The molecule has 8 nitrogen and oxygen atoms in total. The summed E-state index contributed by atoms with van der Waals surface area (Å²) in [5.74, 6) is -0.746. The van der Waals surface area contributed by atoms with Crippen LogP contribution >= 0.6 is 11.3 Å². The molecule has 0 aliphatic carbocycles. The molecule has 0 unspecified atom stereocenters. The number of carbonyl (C=O) groups is 2. The van der Waals surface area contributed by atoms with E-state index in [4.69, 9.17) is 0 Å². The molecule has 0 aliphatic heterocycles. The van der Waals surface area contributed by atoms with Crippen molar-refractivity contribution in [3.63, 3.8) is 0 Å². The van der Waals surface area contributed by atoms with Crippen molar-refractivity contribution >= 4 is 45.9 Å². The number of amides is 2. The van der Waals surface area contributed by atoms with Gasteiger partial charge in [-0.05, 0) is 35.7 Å². The zero-order chi connectivity index (χ0) is 20.1. The van der Waals surface area contributed by atoms with Gasteiger partial charge >= 0.3 is 0 Å². The number of thiophene rings is 1. The van der Waals surface area contributed by atoms with E-state index in [1.165, 1.54) is 29.5 Å². The molecule has 1 aromatic heterocycles. The first-order chi connectivity index (χ1) is 13.5. The second-order valence-corrected chi connectivity index (χ2v) is 6.65. The lowest BCUT2D eigenvalue weighted by molar-refractivity contribution is -0.384. The van der Waals surface area contributed by atoms with Crippen LogP contribution in [-0.2, 0) is 0 Å². The number of hydrogen-bond acceptors (Lipinski definition) is 6. The Hall–Kier alpha value is -3.72. The van der Waals surface area contributed by atoms with Crippen molar-refractivity contribution in [3.05, 3.63) is 80.5 Å². The molecule has 1 heterocycles. The number of nitrogens with one attached hydrogen (secondary N) is 3. The van der Waals surface area contributed by atoms with Crippen molar-refractivity contribution in [1.29, 1.82) is 0 Å². The molecule has 2 aromatic carbocycles. The summed E-state index contributed by atoms with van der Waals surface area (Å²) in [6, 6.07) is 14.2. The average Bonchev–Trinajstić information content (AvgIpc) is 3.22. The lowest BCUT2D eigenvalue weighted by atomic mass is 10.1. The Morgan fingerprint density at radius 3 is 2.29 bits per heavy atom. The third-order valence-electron chi connectivity index (χ3n) is 3.85. The smallest absolute Gasteiger partial charge is 0.270 e. The van der Waals surface area contributed by atoms with Crippen molar-refractivity contribution in [2.24, 2.45) is 0 Å². The van der Waals surface area contributed by atoms with Crippen LogP contribution in [0.4, 0.5) is 22.7 Å². The highest BCUT2D eigenvalue weighted by molar-refractivity contribution is 7.12. The Morgan fingerprint density at radius 1 is 0.964 bits per heavy atom. The fourth-order valence-corrected chi connectivity index (χ4v) is 3.14. The van der Waals surface area contributed by atoms with Gasteiger partial charge in [-0.1, -0.05) is 12.1 Å². The number of nitrogens with zero attached hydrogens (tertiary/aromatic N) is 1. The average molecular weight is 396 g/mol. The van der Waals surface area contributed by atoms with Crippen molar-refractivity contribution in [3.8, 4) is 0 Å². The summed E-state index contributed by atoms with van der Waals surface area (Å²) < 4.78 is 0. The molecule has 0 fully saturated rings. The van der Waals surface area contributed by atoms with Crippen LogP contribution in [0.3, 0.4) is 0 Å². The van der Waals surface area contributed by atoms with Crippen LogP contribution in [0, 0.1) is 10.1 Å². The lowest BCUT2D eigenvalue weighted by Gasteiger charge is -2.11. The van der Waals surface area contributed by atoms with Crippen molar-refractivity contribution in [2.45, 2.75) is 0 Å². The number of anilines is 3. The van der Waals surface area contributed by atoms with Crippen LogP contribution in [-0.4, -0.2) is 23.8 Å². The minimum absolute atomic E-state index is 0.143. The van der Waals surface area contributed by atoms with E-state index in [1.807, 2.05) is 5.38 Å². The number of nitro groups is 1. The minimum Gasteiger partial charge on any atom is -0.387 e. The highest BCUT2D eigenvalue weighted by Gasteiger charge is 2.17. The number of rotatable bonds is 6. The number of non-ortho nitro benzene ring substituents is 1. The lowest BCUT2D eigenvalue weighted by Crippen LogP contribution is -2.15. The van der Waals surface area contributed by atoms with Gasteiger partial charge in [0, 0.05) is 36.2 Å². The van der Waals surface area contributed by atoms with E-state index in [2.05, 4.69) is 16.0 Å². The third kappa shape index (κ3) is 4.33. The summed E-state index contributed by atoms with van der Waals surface area (Å²) in [6.07, 6.45) is 0. The Balaban J connectivity index is 1.78. The van der Waals surface area contributed by atoms with Crippen LogP contribution in [0.15, 0.2) is 60.0 Å². The molecular formula is C19H16N4O4S. The molecule has 9 heteroatoms. The quantitative estimate of drug-likeness (QED) is 0.427. The number of nitro benzene ring substituents is 1. The Morgan fingerprint density at radius 2 is 1.68 bits per heavy atom. The molecule has 3 N–H and O–H groups in total. The second-order valence-electron chi connectivity index (χ2n) is 5.70.